The van der Waals surface area contributed by atoms with Crippen molar-refractivity contribution >= 4 is 21.8 Å². The second-order valence-electron chi connectivity index (χ2n) is 5.96. The van der Waals surface area contributed by atoms with Crippen molar-refractivity contribution in [1.82, 2.24) is 15.0 Å². The Labute approximate surface area is 154 Å². The van der Waals surface area contributed by atoms with E-state index < -0.39 is 0 Å². The highest BCUT2D eigenvalue weighted by atomic mass is 79.9. The molecule has 1 aliphatic rings. The van der Waals surface area contributed by atoms with Gasteiger partial charge >= 0.3 is 0 Å². The number of nitrogens with zero attached hydrogens (tertiary/aromatic N) is 3. The first kappa shape index (κ1) is 17.7. The summed E-state index contributed by atoms with van der Waals surface area (Å²) >= 11 is 3.42. The third-order valence-electron chi connectivity index (χ3n) is 4.29. The molecule has 0 bridgehead atoms. The smallest absolute Gasteiger partial charge is 0.254 e. The van der Waals surface area contributed by atoms with Crippen LogP contribution in [0.4, 0.5) is 0 Å². The number of methoxy groups -OCH3 is 2. The molecule has 1 saturated heterocycles. The summed E-state index contributed by atoms with van der Waals surface area (Å²) in [6.45, 7) is 3.05. The van der Waals surface area contributed by atoms with E-state index >= 15 is 0 Å². The number of carbonyl (C=O) groups excluding carboxylic acids is 1. The number of hydrogen-bond donors (Lipinski definition) is 0. The minimum absolute atomic E-state index is 0.0648. The van der Waals surface area contributed by atoms with Gasteiger partial charge in [-0.15, -0.1) is 0 Å². The van der Waals surface area contributed by atoms with Gasteiger partial charge in [0.1, 0.15) is 16.0 Å². The van der Waals surface area contributed by atoms with Crippen LogP contribution in [-0.4, -0.2) is 48.3 Å². The van der Waals surface area contributed by atoms with E-state index in [4.69, 9.17) is 14.0 Å². The summed E-state index contributed by atoms with van der Waals surface area (Å²) in [5.41, 5.74) is 0.527. The minimum atomic E-state index is -0.0648. The molecule has 1 fully saturated rings. The summed E-state index contributed by atoms with van der Waals surface area (Å²) in [7, 11) is 3.12. The monoisotopic (exact) mass is 409 g/mol. The number of amides is 1. The van der Waals surface area contributed by atoms with E-state index in [0.717, 1.165) is 12.8 Å². The van der Waals surface area contributed by atoms with E-state index in [1.807, 2.05) is 4.90 Å². The average molecular weight is 410 g/mol. The maximum atomic E-state index is 13.0. The van der Waals surface area contributed by atoms with Gasteiger partial charge in [0, 0.05) is 18.7 Å². The van der Waals surface area contributed by atoms with Gasteiger partial charge in [-0.1, -0.05) is 5.16 Å². The van der Waals surface area contributed by atoms with E-state index in [1.165, 1.54) is 0 Å². The molecular weight excluding hydrogens is 390 g/mol. The summed E-state index contributed by atoms with van der Waals surface area (Å²) in [5, 5.41) is 3.85. The lowest BCUT2D eigenvalue weighted by atomic mass is 9.97. The molecule has 1 aromatic carbocycles. The summed E-state index contributed by atoms with van der Waals surface area (Å²) in [4.78, 5) is 19.1. The van der Waals surface area contributed by atoms with Crippen LogP contribution >= 0.6 is 15.9 Å². The van der Waals surface area contributed by atoms with Gasteiger partial charge in [0.05, 0.1) is 20.1 Å². The third-order valence-corrected chi connectivity index (χ3v) is 5.08. The highest BCUT2D eigenvalue weighted by Gasteiger charge is 2.29. The number of likely N-dealkylation sites (tertiary alicyclic amines) is 1. The van der Waals surface area contributed by atoms with Crippen LogP contribution in [0, 0.1) is 6.92 Å². The molecule has 3 rings (SSSR count). The highest BCUT2D eigenvalue weighted by Crippen LogP contribution is 2.36. The first-order chi connectivity index (χ1) is 12.0. The molecule has 1 amide bonds. The zero-order valence-electron chi connectivity index (χ0n) is 14.4. The molecule has 1 atom stereocenters. The summed E-state index contributed by atoms with van der Waals surface area (Å²) < 4.78 is 16.6. The average Bonchev–Trinajstić information content (AvgIpc) is 3.08. The maximum absolute atomic E-state index is 13.0. The van der Waals surface area contributed by atoms with E-state index in [2.05, 4.69) is 26.1 Å². The first-order valence-corrected chi connectivity index (χ1v) is 8.83. The number of carbonyl (C=O) groups is 1. The van der Waals surface area contributed by atoms with Crippen molar-refractivity contribution in [3.63, 3.8) is 0 Å². The number of piperidine rings is 1. The SMILES string of the molecule is COc1cc(C(=O)N2CCC[C@H](c3nc(C)no3)C2)cc(OC)c1Br. The predicted octanol–water partition coefficient (Wildman–Crippen LogP) is 3.18. The molecular formula is C17H20BrN3O4. The van der Waals surface area contributed by atoms with Crippen molar-refractivity contribution in [3.8, 4) is 11.5 Å². The lowest BCUT2D eigenvalue weighted by molar-refractivity contribution is 0.0695. The summed E-state index contributed by atoms with van der Waals surface area (Å²) in [6.07, 6.45) is 1.82. The van der Waals surface area contributed by atoms with Crippen LogP contribution in [-0.2, 0) is 0 Å². The second-order valence-corrected chi connectivity index (χ2v) is 6.76. The molecule has 8 heteroatoms. The zero-order valence-corrected chi connectivity index (χ0v) is 16.0. The van der Waals surface area contributed by atoms with E-state index in [-0.39, 0.29) is 11.8 Å². The fraction of sp³-hybridized carbons (Fsp3) is 0.471. The van der Waals surface area contributed by atoms with Crippen molar-refractivity contribution in [1.29, 1.82) is 0 Å². The Morgan fingerprint density at radius 3 is 2.56 bits per heavy atom. The van der Waals surface area contributed by atoms with Crippen molar-refractivity contribution in [2.45, 2.75) is 25.7 Å². The van der Waals surface area contributed by atoms with Gasteiger partial charge in [0.15, 0.2) is 5.82 Å². The van der Waals surface area contributed by atoms with Gasteiger partial charge < -0.3 is 18.9 Å². The van der Waals surface area contributed by atoms with Gasteiger partial charge in [0.25, 0.3) is 5.91 Å². The van der Waals surface area contributed by atoms with Gasteiger partial charge in [-0.2, -0.15) is 4.98 Å². The van der Waals surface area contributed by atoms with Crippen LogP contribution in [0.1, 0.15) is 40.8 Å². The molecule has 0 unspecified atom stereocenters. The van der Waals surface area contributed by atoms with Gasteiger partial charge in [-0.25, -0.2) is 0 Å². The van der Waals surface area contributed by atoms with Crippen LogP contribution in [0.2, 0.25) is 0 Å². The van der Waals surface area contributed by atoms with Crippen molar-refractivity contribution < 1.29 is 18.8 Å². The van der Waals surface area contributed by atoms with Crippen LogP contribution < -0.4 is 9.47 Å². The predicted molar refractivity (Wildman–Crippen MR) is 94.2 cm³/mol. The molecule has 0 saturated carbocycles. The fourth-order valence-corrected chi connectivity index (χ4v) is 3.57. The Morgan fingerprint density at radius 1 is 1.32 bits per heavy atom. The number of halogens is 1. The Bertz CT molecular complexity index is 752. The van der Waals surface area contributed by atoms with Crippen molar-refractivity contribution in [2.24, 2.45) is 0 Å². The molecule has 25 heavy (non-hydrogen) atoms. The van der Waals surface area contributed by atoms with Crippen LogP contribution in [0.5, 0.6) is 11.5 Å². The van der Waals surface area contributed by atoms with Crippen molar-refractivity contribution in [2.75, 3.05) is 27.3 Å². The molecule has 0 N–H and O–H groups in total. The summed E-state index contributed by atoms with van der Waals surface area (Å²) in [5.74, 6) is 2.33. The molecule has 134 valence electrons. The topological polar surface area (TPSA) is 77.7 Å². The Hall–Kier alpha value is -2.09. The van der Waals surface area contributed by atoms with E-state index in [1.54, 1.807) is 33.3 Å². The summed E-state index contributed by atoms with van der Waals surface area (Å²) in [6, 6.07) is 3.44. The van der Waals surface area contributed by atoms with E-state index in [9.17, 15) is 4.79 Å². The zero-order chi connectivity index (χ0) is 18.0. The highest BCUT2D eigenvalue weighted by molar-refractivity contribution is 9.10. The number of aryl methyl sites for hydroxylation is 1. The number of benzene rings is 1. The number of hydrogen-bond acceptors (Lipinski definition) is 6. The Kier molecular flexibility index (Phi) is 5.27. The fourth-order valence-electron chi connectivity index (χ4n) is 3.02. The van der Waals surface area contributed by atoms with Gasteiger partial charge in [-0.3, -0.25) is 4.79 Å². The minimum Gasteiger partial charge on any atom is -0.495 e. The molecule has 2 heterocycles. The molecule has 0 aliphatic carbocycles. The number of aromatic nitrogens is 2. The Morgan fingerprint density at radius 2 is 2.00 bits per heavy atom. The molecule has 1 aliphatic heterocycles. The lowest BCUT2D eigenvalue weighted by Gasteiger charge is -2.31. The largest absolute Gasteiger partial charge is 0.495 e. The normalized spacial score (nSPS) is 17.4. The second kappa shape index (κ2) is 7.43. The molecule has 7 nitrogen and oxygen atoms in total. The van der Waals surface area contributed by atoms with Crippen LogP contribution in [0.25, 0.3) is 0 Å². The van der Waals surface area contributed by atoms with Crippen LogP contribution in [0.15, 0.2) is 21.1 Å². The standard InChI is InChI=1S/C17H20BrN3O4/c1-10-19-16(25-20-10)11-5-4-6-21(9-11)17(22)12-7-13(23-2)15(18)14(8-12)24-3/h7-8,11H,4-6,9H2,1-3H3/t11-/m0/s1. The van der Waals surface area contributed by atoms with E-state index in [0.29, 0.717) is 46.3 Å². The number of rotatable bonds is 4. The van der Waals surface area contributed by atoms with Crippen molar-refractivity contribution in [3.05, 3.63) is 33.9 Å². The third kappa shape index (κ3) is 3.63. The molecule has 0 spiro atoms. The van der Waals surface area contributed by atoms with Gasteiger partial charge in [-0.05, 0) is 47.8 Å². The van der Waals surface area contributed by atoms with Crippen LogP contribution in [0.3, 0.4) is 0 Å². The molecule has 1 aromatic heterocycles. The maximum Gasteiger partial charge on any atom is 0.254 e. The van der Waals surface area contributed by atoms with Gasteiger partial charge in [0.2, 0.25) is 5.89 Å². The number of ether oxygens (including phenoxy) is 2. The lowest BCUT2D eigenvalue weighted by Crippen LogP contribution is -2.39. The quantitative estimate of drug-likeness (QED) is 0.771. The molecule has 2 aromatic rings. The molecule has 0 radical (unpaired) electrons. The Balaban J connectivity index is 1.82. The first-order valence-electron chi connectivity index (χ1n) is 8.04.